The molecule has 22 heavy (non-hydrogen) atoms. The molecule has 0 unspecified atom stereocenters. The molecule has 5 heteroatoms. The Kier molecular flexibility index (Phi) is 4.14. The molecule has 0 fully saturated rings. The number of aromatic nitrogens is 3. The zero-order chi connectivity index (χ0) is 15.4. The predicted molar refractivity (Wildman–Crippen MR) is 87.3 cm³/mol. The van der Waals surface area contributed by atoms with Gasteiger partial charge in [0.25, 0.3) is 0 Å². The van der Waals surface area contributed by atoms with Crippen molar-refractivity contribution in [3.05, 3.63) is 54.6 Å². The average molecular weight is 294 g/mol. The van der Waals surface area contributed by atoms with Crippen molar-refractivity contribution in [2.75, 3.05) is 25.6 Å². The van der Waals surface area contributed by atoms with Gasteiger partial charge in [-0.15, -0.1) is 0 Å². The summed E-state index contributed by atoms with van der Waals surface area (Å²) >= 11 is 0. The predicted octanol–water partition coefficient (Wildman–Crippen LogP) is 2.71. The summed E-state index contributed by atoms with van der Waals surface area (Å²) < 4.78 is 5.31. The summed E-state index contributed by atoms with van der Waals surface area (Å²) in [6.07, 6.45) is 6.18. The summed E-state index contributed by atoms with van der Waals surface area (Å²) in [6.45, 7) is 0.868. The molecule has 3 aromatic rings. The number of benzene rings is 1. The summed E-state index contributed by atoms with van der Waals surface area (Å²) in [5, 5.41) is 0.999. The van der Waals surface area contributed by atoms with Crippen LogP contribution < -0.4 is 9.64 Å². The van der Waals surface area contributed by atoms with E-state index in [0.29, 0.717) is 0 Å². The Morgan fingerprint density at radius 1 is 1.09 bits per heavy atom. The van der Waals surface area contributed by atoms with Crippen LogP contribution in [-0.4, -0.2) is 35.7 Å². The maximum Gasteiger partial charge on any atom is 0.139 e. The van der Waals surface area contributed by atoms with Crippen LogP contribution in [0.5, 0.6) is 5.75 Å². The van der Waals surface area contributed by atoms with Gasteiger partial charge in [0.2, 0.25) is 0 Å². The molecule has 1 aromatic carbocycles. The normalized spacial score (nSPS) is 10.6. The first kappa shape index (κ1) is 14.3. The molecular formula is C17H18N4O. The molecule has 3 rings (SSSR count). The van der Waals surface area contributed by atoms with Crippen molar-refractivity contribution < 1.29 is 4.74 Å². The van der Waals surface area contributed by atoms with Crippen molar-refractivity contribution in [1.29, 1.82) is 0 Å². The van der Waals surface area contributed by atoms with Crippen molar-refractivity contribution in [1.82, 2.24) is 15.0 Å². The van der Waals surface area contributed by atoms with Gasteiger partial charge in [-0.2, -0.15) is 0 Å². The van der Waals surface area contributed by atoms with E-state index in [2.05, 4.69) is 19.9 Å². The number of anilines is 1. The highest BCUT2D eigenvalue weighted by molar-refractivity contribution is 5.90. The Morgan fingerprint density at radius 2 is 1.91 bits per heavy atom. The molecule has 0 aliphatic rings. The van der Waals surface area contributed by atoms with Gasteiger partial charge >= 0.3 is 0 Å². The van der Waals surface area contributed by atoms with Crippen LogP contribution in [0.25, 0.3) is 10.9 Å². The molecule has 0 spiro atoms. The fourth-order valence-corrected chi connectivity index (χ4v) is 2.41. The van der Waals surface area contributed by atoms with Crippen LogP contribution in [0.15, 0.2) is 49.1 Å². The minimum atomic E-state index is 0.811. The molecule has 0 aliphatic carbocycles. The number of pyridine rings is 1. The average Bonchev–Trinajstić information content (AvgIpc) is 2.59. The van der Waals surface area contributed by atoms with Gasteiger partial charge in [-0.05, 0) is 42.3 Å². The number of rotatable bonds is 5. The Morgan fingerprint density at radius 3 is 2.68 bits per heavy atom. The smallest absolute Gasteiger partial charge is 0.139 e. The Labute approximate surface area is 129 Å². The molecule has 0 bridgehead atoms. The first-order chi connectivity index (χ1) is 10.8. The van der Waals surface area contributed by atoms with Gasteiger partial charge in [-0.25, -0.2) is 9.97 Å². The molecule has 112 valence electrons. The third kappa shape index (κ3) is 2.98. The maximum absolute atomic E-state index is 5.31. The number of fused-ring (bicyclic) bond motifs is 1. The maximum atomic E-state index is 5.31. The standard InChI is InChI=1S/C17H18N4O/c1-21(10-7-13-5-8-18-9-6-13)17-15-11-14(22-2)3-4-16(15)19-12-20-17/h3-6,8-9,11-12H,7,10H2,1-2H3. The number of likely N-dealkylation sites (N-methyl/N-ethyl adjacent to an activating group) is 1. The molecule has 5 nitrogen and oxygen atoms in total. The molecule has 0 N–H and O–H groups in total. The zero-order valence-corrected chi connectivity index (χ0v) is 12.7. The number of hydrogen-bond donors (Lipinski definition) is 0. The summed E-state index contributed by atoms with van der Waals surface area (Å²) in [4.78, 5) is 14.9. The lowest BCUT2D eigenvalue weighted by atomic mass is 10.2. The number of nitrogens with zero attached hydrogens (tertiary/aromatic N) is 4. The second kappa shape index (κ2) is 6.39. The van der Waals surface area contributed by atoms with Crippen LogP contribution in [0.4, 0.5) is 5.82 Å². The van der Waals surface area contributed by atoms with Gasteiger partial charge in [-0.3, -0.25) is 4.98 Å². The third-order valence-electron chi connectivity index (χ3n) is 3.67. The van der Waals surface area contributed by atoms with Gasteiger partial charge in [-0.1, -0.05) is 0 Å². The minimum absolute atomic E-state index is 0.811. The SMILES string of the molecule is COc1ccc2ncnc(N(C)CCc3ccncc3)c2c1. The summed E-state index contributed by atoms with van der Waals surface area (Å²) in [5.41, 5.74) is 2.18. The van der Waals surface area contributed by atoms with Crippen molar-refractivity contribution in [2.24, 2.45) is 0 Å². The van der Waals surface area contributed by atoms with E-state index in [-0.39, 0.29) is 0 Å². The molecule has 0 atom stereocenters. The lowest BCUT2D eigenvalue weighted by molar-refractivity contribution is 0.415. The van der Waals surface area contributed by atoms with Crippen molar-refractivity contribution in [2.45, 2.75) is 6.42 Å². The van der Waals surface area contributed by atoms with Crippen LogP contribution in [0, 0.1) is 0 Å². The lowest BCUT2D eigenvalue weighted by Gasteiger charge is -2.19. The van der Waals surface area contributed by atoms with Crippen molar-refractivity contribution >= 4 is 16.7 Å². The quantitative estimate of drug-likeness (QED) is 0.724. The van der Waals surface area contributed by atoms with E-state index < -0.39 is 0 Å². The van der Waals surface area contributed by atoms with Crippen molar-refractivity contribution in [3.63, 3.8) is 0 Å². The van der Waals surface area contributed by atoms with Crippen LogP contribution in [-0.2, 0) is 6.42 Å². The number of methoxy groups -OCH3 is 1. The van der Waals surface area contributed by atoms with Gasteiger partial charge in [0.05, 0.1) is 12.6 Å². The van der Waals surface area contributed by atoms with E-state index in [4.69, 9.17) is 4.74 Å². The first-order valence-corrected chi connectivity index (χ1v) is 7.17. The highest BCUT2D eigenvalue weighted by atomic mass is 16.5. The van der Waals surface area contributed by atoms with Crippen LogP contribution >= 0.6 is 0 Å². The third-order valence-corrected chi connectivity index (χ3v) is 3.67. The fraction of sp³-hybridized carbons (Fsp3) is 0.235. The van der Waals surface area contributed by atoms with E-state index in [9.17, 15) is 0 Å². The molecule has 2 heterocycles. The highest BCUT2D eigenvalue weighted by Crippen LogP contribution is 2.26. The molecule has 0 amide bonds. The molecule has 0 saturated carbocycles. The lowest BCUT2D eigenvalue weighted by Crippen LogP contribution is -2.21. The highest BCUT2D eigenvalue weighted by Gasteiger charge is 2.09. The van der Waals surface area contributed by atoms with Gasteiger partial charge < -0.3 is 9.64 Å². The van der Waals surface area contributed by atoms with Gasteiger partial charge in [0, 0.05) is 31.4 Å². The fourth-order valence-electron chi connectivity index (χ4n) is 2.41. The second-order valence-corrected chi connectivity index (χ2v) is 5.11. The second-order valence-electron chi connectivity index (χ2n) is 5.11. The summed E-state index contributed by atoms with van der Waals surface area (Å²) in [6, 6.07) is 9.92. The topological polar surface area (TPSA) is 51.1 Å². The van der Waals surface area contributed by atoms with Crippen LogP contribution in [0.2, 0.25) is 0 Å². The minimum Gasteiger partial charge on any atom is -0.497 e. The molecular weight excluding hydrogens is 276 g/mol. The van der Waals surface area contributed by atoms with Gasteiger partial charge in [0.1, 0.15) is 17.9 Å². The molecule has 0 saturated heterocycles. The Balaban J connectivity index is 1.85. The monoisotopic (exact) mass is 294 g/mol. The number of hydrogen-bond acceptors (Lipinski definition) is 5. The van der Waals surface area contributed by atoms with E-state index >= 15 is 0 Å². The first-order valence-electron chi connectivity index (χ1n) is 7.17. The molecule has 0 aliphatic heterocycles. The zero-order valence-electron chi connectivity index (χ0n) is 12.7. The Hall–Kier alpha value is -2.69. The van der Waals surface area contributed by atoms with Crippen LogP contribution in [0.3, 0.4) is 0 Å². The van der Waals surface area contributed by atoms with Gasteiger partial charge in [0.15, 0.2) is 0 Å². The van der Waals surface area contributed by atoms with E-state index in [0.717, 1.165) is 35.4 Å². The number of ether oxygens (including phenoxy) is 1. The largest absolute Gasteiger partial charge is 0.497 e. The van der Waals surface area contributed by atoms with E-state index in [1.165, 1.54) is 5.56 Å². The summed E-state index contributed by atoms with van der Waals surface area (Å²) in [5.74, 6) is 1.73. The van der Waals surface area contributed by atoms with Crippen LogP contribution in [0.1, 0.15) is 5.56 Å². The Bertz CT molecular complexity index is 761. The summed E-state index contributed by atoms with van der Waals surface area (Å²) in [7, 11) is 3.71. The molecule has 2 aromatic heterocycles. The van der Waals surface area contributed by atoms with Crippen molar-refractivity contribution in [3.8, 4) is 5.75 Å². The molecule has 0 radical (unpaired) electrons. The van der Waals surface area contributed by atoms with E-state index in [1.54, 1.807) is 13.4 Å². The van der Waals surface area contributed by atoms with E-state index in [1.807, 2.05) is 49.8 Å².